The minimum Gasteiger partial charge on any atom is -0.394 e. The Labute approximate surface area is 94.9 Å². The van der Waals surface area contributed by atoms with Crippen LogP contribution in [0.25, 0.3) is 0 Å². The first-order chi connectivity index (χ1) is 7.75. The largest absolute Gasteiger partial charge is 0.416 e. The van der Waals surface area contributed by atoms with E-state index in [4.69, 9.17) is 10.2 Å². The zero-order chi connectivity index (χ0) is 13.2. The number of hydrogen-bond acceptors (Lipinski definition) is 3. The summed E-state index contributed by atoms with van der Waals surface area (Å²) < 4.78 is 38.1. The molecule has 1 heterocycles. The third-order valence-corrected chi connectivity index (χ3v) is 2.27. The van der Waals surface area contributed by atoms with Crippen molar-refractivity contribution in [3.05, 3.63) is 33.7 Å². The molecule has 0 spiro atoms. The fourth-order valence-corrected chi connectivity index (χ4v) is 1.40. The Morgan fingerprint density at radius 1 is 1.41 bits per heavy atom. The van der Waals surface area contributed by atoms with Gasteiger partial charge in [0, 0.05) is 11.8 Å². The highest BCUT2D eigenvalue weighted by Gasteiger charge is 2.31. The Morgan fingerprint density at radius 3 is 2.41 bits per heavy atom. The van der Waals surface area contributed by atoms with E-state index >= 15 is 0 Å². The topological polar surface area (TPSA) is 62.5 Å². The van der Waals surface area contributed by atoms with Crippen molar-refractivity contribution in [2.24, 2.45) is 0 Å². The SMILES string of the molecule is Cc1cc(C(F)(F)F)cc(=O)n1CC(O)CO. The van der Waals surface area contributed by atoms with Crippen molar-refractivity contribution in [3.8, 4) is 0 Å². The summed E-state index contributed by atoms with van der Waals surface area (Å²) >= 11 is 0. The van der Waals surface area contributed by atoms with Gasteiger partial charge in [-0.3, -0.25) is 4.79 Å². The summed E-state index contributed by atoms with van der Waals surface area (Å²) in [6, 6.07) is 1.29. The molecule has 1 unspecified atom stereocenters. The van der Waals surface area contributed by atoms with E-state index in [0.29, 0.717) is 6.07 Å². The Morgan fingerprint density at radius 2 is 2.00 bits per heavy atom. The molecule has 0 saturated carbocycles. The number of nitrogens with zero attached hydrogens (tertiary/aromatic N) is 1. The number of aliphatic hydroxyl groups is 2. The van der Waals surface area contributed by atoms with E-state index in [1.54, 1.807) is 0 Å². The molecule has 0 aliphatic carbocycles. The first kappa shape index (κ1) is 13.7. The average molecular weight is 251 g/mol. The number of rotatable bonds is 3. The molecule has 17 heavy (non-hydrogen) atoms. The summed E-state index contributed by atoms with van der Waals surface area (Å²) in [6.07, 6.45) is -5.75. The lowest BCUT2D eigenvalue weighted by Crippen LogP contribution is -2.30. The second-order valence-electron chi connectivity index (χ2n) is 3.67. The van der Waals surface area contributed by atoms with Crippen molar-refractivity contribution in [1.82, 2.24) is 4.57 Å². The Hall–Kier alpha value is -1.34. The number of aryl methyl sites for hydroxylation is 1. The molecule has 1 rings (SSSR count). The van der Waals surface area contributed by atoms with E-state index in [2.05, 4.69) is 0 Å². The van der Waals surface area contributed by atoms with E-state index in [-0.39, 0.29) is 12.2 Å². The number of hydrogen-bond donors (Lipinski definition) is 2. The molecular weight excluding hydrogens is 239 g/mol. The fraction of sp³-hybridized carbons (Fsp3) is 0.500. The van der Waals surface area contributed by atoms with E-state index < -0.39 is 30.0 Å². The Kier molecular flexibility index (Phi) is 3.94. The van der Waals surface area contributed by atoms with Crippen LogP contribution in [0.15, 0.2) is 16.9 Å². The number of aromatic nitrogens is 1. The van der Waals surface area contributed by atoms with Crippen molar-refractivity contribution < 1.29 is 23.4 Å². The molecule has 0 bridgehead atoms. The minimum absolute atomic E-state index is 0.0809. The summed E-state index contributed by atoms with van der Waals surface area (Å²) in [5.41, 5.74) is -1.79. The van der Waals surface area contributed by atoms with Gasteiger partial charge in [0.25, 0.3) is 5.56 Å². The van der Waals surface area contributed by atoms with Crippen LogP contribution in [0, 0.1) is 6.92 Å². The van der Waals surface area contributed by atoms with Gasteiger partial charge in [-0.2, -0.15) is 13.2 Å². The van der Waals surface area contributed by atoms with Gasteiger partial charge in [0.05, 0.1) is 24.8 Å². The van der Waals surface area contributed by atoms with Gasteiger partial charge >= 0.3 is 6.18 Å². The number of halogens is 3. The van der Waals surface area contributed by atoms with Gasteiger partial charge in [-0.15, -0.1) is 0 Å². The van der Waals surface area contributed by atoms with Crippen LogP contribution in [0.1, 0.15) is 11.3 Å². The monoisotopic (exact) mass is 251 g/mol. The number of aliphatic hydroxyl groups excluding tert-OH is 2. The number of pyridine rings is 1. The van der Waals surface area contributed by atoms with E-state index in [0.717, 1.165) is 10.6 Å². The fourth-order valence-electron chi connectivity index (χ4n) is 1.40. The molecule has 0 amide bonds. The summed E-state index contributed by atoms with van der Waals surface area (Å²) in [4.78, 5) is 11.4. The van der Waals surface area contributed by atoms with Crippen LogP contribution in [0.2, 0.25) is 0 Å². The maximum absolute atomic E-state index is 12.4. The van der Waals surface area contributed by atoms with E-state index in [9.17, 15) is 18.0 Å². The molecule has 1 aromatic rings. The van der Waals surface area contributed by atoms with E-state index in [1.807, 2.05) is 0 Å². The maximum atomic E-state index is 12.4. The molecule has 0 radical (unpaired) electrons. The van der Waals surface area contributed by atoms with Crippen LogP contribution < -0.4 is 5.56 Å². The van der Waals surface area contributed by atoms with Gasteiger partial charge in [-0.1, -0.05) is 0 Å². The lowest BCUT2D eigenvalue weighted by atomic mass is 10.2. The normalized spacial score (nSPS) is 13.8. The van der Waals surface area contributed by atoms with Crippen molar-refractivity contribution in [1.29, 1.82) is 0 Å². The smallest absolute Gasteiger partial charge is 0.394 e. The maximum Gasteiger partial charge on any atom is 0.416 e. The summed E-state index contributed by atoms with van der Waals surface area (Å²) in [6.45, 7) is 0.535. The van der Waals surface area contributed by atoms with Crippen LogP contribution >= 0.6 is 0 Å². The van der Waals surface area contributed by atoms with Crippen molar-refractivity contribution in [3.63, 3.8) is 0 Å². The molecule has 0 aromatic carbocycles. The lowest BCUT2D eigenvalue weighted by Gasteiger charge is -2.15. The number of alkyl halides is 3. The van der Waals surface area contributed by atoms with Crippen LogP contribution in [0.5, 0.6) is 0 Å². The quantitative estimate of drug-likeness (QED) is 0.823. The van der Waals surface area contributed by atoms with Crippen LogP contribution in [0.4, 0.5) is 13.2 Å². The van der Waals surface area contributed by atoms with Gasteiger partial charge in [-0.05, 0) is 13.0 Å². The molecule has 7 heteroatoms. The molecule has 4 nitrogen and oxygen atoms in total. The average Bonchev–Trinajstić information content (AvgIpc) is 2.21. The molecule has 0 fully saturated rings. The highest BCUT2D eigenvalue weighted by Crippen LogP contribution is 2.28. The molecule has 0 aliphatic rings. The van der Waals surface area contributed by atoms with Crippen LogP contribution in [0.3, 0.4) is 0 Å². The van der Waals surface area contributed by atoms with Crippen molar-refractivity contribution in [2.45, 2.75) is 25.7 Å². The van der Waals surface area contributed by atoms with Crippen molar-refractivity contribution >= 4 is 0 Å². The van der Waals surface area contributed by atoms with Gasteiger partial charge in [0.2, 0.25) is 0 Å². The zero-order valence-corrected chi connectivity index (χ0v) is 9.03. The van der Waals surface area contributed by atoms with Gasteiger partial charge < -0.3 is 14.8 Å². The van der Waals surface area contributed by atoms with Crippen LogP contribution in [-0.4, -0.2) is 27.5 Å². The van der Waals surface area contributed by atoms with Gasteiger partial charge in [0.1, 0.15) is 0 Å². The summed E-state index contributed by atoms with van der Waals surface area (Å²) in [5, 5.41) is 17.8. The second-order valence-corrected chi connectivity index (χ2v) is 3.67. The second kappa shape index (κ2) is 4.89. The lowest BCUT2D eigenvalue weighted by molar-refractivity contribution is -0.137. The van der Waals surface area contributed by atoms with Crippen molar-refractivity contribution in [2.75, 3.05) is 6.61 Å². The molecule has 96 valence electrons. The molecule has 0 saturated heterocycles. The molecule has 1 atom stereocenters. The van der Waals surface area contributed by atoms with E-state index in [1.165, 1.54) is 6.92 Å². The zero-order valence-electron chi connectivity index (χ0n) is 9.03. The highest BCUT2D eigenvalue weighted by molar-refractivity contribution is 5.20. The predicted octanol–water partition coefficient (Wildman–Crippen LogP) is 0.529. The molecule has 0 aliphatic heterocycles. The highest BCUT2D eigenvalue weighted by atomic mass is 19.4. The molecule has 2 N–H and O–H groups in total. The third-order valence-electron chi connectivity index (χ3n) is 2.27. The first-order valence-corrected chi connectivity index (χ1v) is 4.83. The standard InChI is InChI=1S/C10H12F3NO3/c1-6-2-7(10(11,12)13)3-9(17)14(6)4-8(16)5-15/h2-3,8,15-16H,4-5H2,1H3. The summed E-state index contributed by atoms with van der Waals surface area (Å²) in [5.74, 6) is 0. The Bertz CT molecular complexity index is 453. The molecule has 1 aromatic heterocycles. The Balaban J connectivity index is 3.16. The van der Waals surface area contributed by atoms with Gasteiger partial charge in [0.15, 0.2) is 0 Å². The predicted molar refractivity (Wildman–Crippen MR) is 53.5 cm³/mol. The third kappa shape index (κ3) is 3.31. The molecular formula is C10H12F3NO3. The summed E-state index contributed by atoms with van der Waals surface area (Å²) in [7, 11) is 0. The van der Waals surface area contributed by atoms with Crippen LogP contribution in [-0.2, 0) is 12.7 Å². The first-order valence-electron chi connectivity index (χ1n) is 4.83. The van der Waals surface area contributed by atoms with Gasteiger partial charge in [-0.25, -0.2) is 0 Å². The minimum atomic E-state index is -4.57.